The summed E-state index contributed by atoms with van der Waals surface area (Å²) in [6.07, 6.45) is 21.8. The predicted octanol–water partition coefficient (Wildman–Crippen LogP) is 8.51. The molecule has 9 nitrogen and oxygen atoms in total. The van der Waals surface area contributed by atoms with Gasteiger partial charge in [-0.2, -0.15) is 11.8 Å². The van der Waals surface area contributed by atoms with Crippen LogP contribution in [-0.4, -0.2) is 63.1 Å². The van der Waals surface area contributed by atoms with Gasteiger partial charge in [-0.15, -0.1) is 0 Å². The first-order valence-electron chi connectivity index (χ1n) is 17.2. The minimum Gasteiger partial charge on any atom is -0.382 e. The van der Waals surface area contributed by atoms with E-state index in [4.69, 9.17) is 15.0 Å². The number of nitrogens with zero attached hydrogens (tertiary/aromatic N) is 4. The molecule has 12 heteroatoms. The van der Waals surface area contributed by atoms with Gasteiger partial charge in [0.2, 0.25) is 0 Å². The highest BCUT2D eigenvalue weighted by atomic mass is 32.2. The Morgan fingerprint density at radius 2 is 1.73 bits per heavy atom. The van der Waals surface area contributed by atoms with E-state index in [1.807, 2.05) is 18.7 Å². The van der Waals surface area contributed by atoms with Crippen molar-refractivity contribution >= 4 is 44.4 Å². The maximum Gasteiger partial charge on any atom is 0.353 e. The fourth-order valence-corrected chi connectivity index (χ4v) is 13.4. The Morgan fingerprint density at radius 1 is 1.02 bits per heavy atom. The van der Waals surface area contributed by atoms with Gasteiger partial charge < -0.3 is 24.5 Å². The molecule has 3 N–H and O–H groups in total. The van der Waals surface area contributed by atoms with E-state index in [1.54, 1.807) is 36.2 Å². The van der Waals surface area contributed by atoms with Crippen molar-refractivity contribution in [1.29, 1.82) is 0 Å². The number of fused-ring (bicyclic) bond motifs is 3. The number of nitrogens with two attached hydrogens (primary N) is 1. The Balaban J connectivity index is 0.907. The van der Waals surface area contributed by atoms with Crippen molar-refractivity contribution in [1.82, 2.24) is 19.5 Å². The number of nitrogen functional groups attached to an aromatic ring is 1. The third kappa shape index (κ3) is 11.4. The van der Waals surface area contributed by atoms with E-state index in [1.165, 1.54) is 70.5 Å². The second-order valence-electron chi connectivity index (χ2n) is 14.1. The maximum atomic E-state index is 12.4. The van der Waals surface area contributed by atoms with Crippen LogP contribution in [0, 0.1) is 11.8 Å². The molecule has 2 heterocycles. The lowest BCUT2D eigenvalue weighted by Crippen LogP contribution is -2.35. The number of aromatic nitrogens is 4. The predicted molar refractivity (Wildman–Crippen MR) is 186 cm³/mol. The Kier molecular flexibility index (Phi) is 14.5. The molecule has 5 atom stereocenters. The van der Waals surface area contributed by atoms with Gasteiger partial charge >= 0.3 is 7.60 Å². The van der Waals surface area contributed by atoms with Gasteiger partial charge in [0, 0.05) is 0 Å². The van der Waals surface area contributed by atoms with Crippen LogP contribution in [0.5, 0.6) is 0 Å². The maximum absolute atomic E-state index is 12.4. The van der Waals surface area contributed by atoms with Gasteiger partial charge in [-0.1, -0.05) is 83.3 Å². The summed E-state index contributed by atoms with van der Waals surface area (Å²) in [4.78, 5) is 22.5. The quantitative estimate of drug-likeness (QED) is 0.0681. The minimum absolute atomic E-state index is 0.266. The zero-order valence-electron chi connectivity index (χ0n) is 27.5. The number of imidazole rings is 1. The Hall–Kier alpha value is -0.973. The SMILES string of the molecule is C[C@H](Cn1cnc2c(N)ncnc21)OCP(=O)(O)OCCCSCCCCCCCCCCC[Si](C)(C)C1CC2CCC1C2. The van der Waals surface area contributed by atoms with Crippen LogP contribution in [0.2, 0.25) is 24.7 Å². The molecule has 2 aromatic heterocycles. The van der Waals surface area contributed by atoms with E-state index >= 15 is 0 Å². The zero-order chi connectivity index (χ0) is 31.4. The molecule has 2 aliphatic rings. The minimum atomic E-state index is -3.79. The summed E-state index contributed by atoms with van der Waals surface area (Å²) < 4.78 is 25.0. The van der Waals surface area contributed by atoms with Crippen LogP contribution in [0.4, 0.5) is 5.82 Å². The first kappa shape index (κ1) is 35.9. The zero-order valence-corrected chi connectivity index (χ0v) is 30.2. The molecule has 2 bridgehead atoms. The van der Waals surface area contributed by atoms with Crippen molar-refractivity contribution in [3.8, 4) is 0 Å². The molecule has 2 saturated carbocycles. The third-order valence-corrected chi connectivity index (χ3v) is 16.6. The highest BCUT2D eigenvalue weighted by Crippen LogP contribution is 2.56. The summed E-state index contributed by atoms with van der Waals surface area (Å²) in [7, 11) is -4.80. The molecule has 44 heavy (non-hydrogen) atoms. The van der Waals surface area contributed by atoms with Gasteiger partial charge in [-0.25, -0.2) is 15.0 Å². The van der Waals surface area contributed by atoms with Gasteiger partial charge in [0.05, 0.1) is 33.7 Å². The third-order valence-electron chi connectivity index (χ3n) is 9.98. The summed E-state index contributed by atoms with van der Waals surface area (Å²) in [5, 5.41) is 0. The molecule has 0 saturated heterocycles. The standard InChI is InChI=1S/C32H58N5O4PSSi/c1-26(22-37-24-36-30-31(33)34-23-35-32(30)37)40-25-42(38,39)41-16-13-18-43-17-11-9-7-5-4-6-8-10-12-19-44(2,3)29-21-27-14-15-28(29)20-27/h23-24,26-29H,4-22,25H2,1-3H3,(H,38,39)(H2,33,34,35)/t26-,27?,28?,29?/m1/s1. The Labute approximate surface area is 270 Å². The van der Waals surface area contributed by atoms with E-state index < -0.39 is 15.7 Å². The Morgan fingerprint density at radius 3 is 2.43 bits per heavy atom. The fraction of sp³-hybridized carbons (Fsp3) is 0.844. The highest BCUT2D eigenvalue weighted by Gasteiger charge is 2.46. The van der Waals surface area contributed by atoms with E-state index in [-0.39, 0.29) is 19.1 Å². The summed E-state index contributed by atoms with van der Waals surface area (Å²) in [5.74, 6) is 4.63. The van der Waals surface area contributed by atoms with Crippen molar-refractivity contribution in [3.05, 3.63) is 12.7 Å². The van der Waals surface area contributed by atoms with Crippen molar-refractivity contribution < 1.29 is 18.7 Å². The van der Waals surface area contributed by atoms with Crippen LogP contribution in [0.1, 0.15) is 96.8 Å². The second kappa shape index (κ2) is 17.8. The number of thioether (sulfide) groups is 1. The van der Waals surface area contributed by atoms with Crippen molar-refractivity contribution in [2.24, 2.45) is 11.8 Å². The molecule has 2 aromatic rings. The molecule has 0 spiro atoms. The first-order chi connectivity index (χ1) is 21.1. The van der Waals surface area contributed by atoms with Crippen LogP contribution in [0.3, 0.4) is 0 Å². The summed E-state index contributed by atoms with van der Waals surface area (Å²) in [6, 6.07) is 1.57. The molecule has 0 aromatic carbocycles. The van der Waals surface area contributed by atoms with Crippen molar-refractivity contribution in [2.45, 2.75) is 134 Å². The van der Waals surface area contributed by atoms with Crippen molar-refractivity contribution in [3.63, 3.8) is 0 Å². The molecule has 2 aliphatic carbocycles. The molecule has 2 fully saturated rings. The molecule has 250 valence electrons. The molecule has 4 rings (SSSR count). The van der Waals surface area contributed by atoms with Crippen LogP contribution in [0.15, 0.2) is 12.7 Å². The molecular formula is C32H58N5O4PSSi. The average molecular weight is 668 g/mol. The lowest BCUT2D eigenvalue weighted by molar-refractivity contribution is 0.0718. The molecule has 0 aliphatic heterocycles. The van der Waals surface area contributed by atoms with Crippen LogP contribution >= 0.6 is 19.4 Å². The largest absolute Gasteiger partial charge is 0.382 e. The van der Waals surface area contributed by atoms with Crippen LogP contribution in [-0.2, 0) is 20.4 Å². The van der Waals surface area contributed by atoms with Gasteiger partial charge in [0.1, 0.15) is 18.2 Å². The summed E-state index contributed by atoms with van der Waals surface area (Å²) >= 11 is 1.91. The van der Waals surface area contributed by atoms with E-state index in [0.29, 0.717) is 23.5 Å². The number of ether oxygens (including phenoxy) is 1. The number of anilines is 1. The van der Waals surface area contributed by atoms with Gasteiger partial charge in [-0.3, -0.25) is 4.57 Å². The molecular weight excluding hydrogens is 610 g/mol. The van der Waals surface area contributed by atoms with Crippen molar-refractivity contribution in [2.75, 3.05) is 30.2 Å². The number of rotatable bonds is 23. The molecule has 0 amide bonds. The van der Waals surface area contributed by atoms with Gasteiger partial charge in [-0.05, 0) is 61.5 Å². The first-order valence-corrected chi connectivity index (χ1v) is 23.4. The average Bonchev–Trinajstić information content (AvgIpc) is 3.73. The lowest BCUT2D eigenvalue weighted by Gasteiger charge is -2.36. The fourth-order valence-electron chi connectivity index (χ4n) is 7.50. The van der Waals surface area contributed by atoms with E-state index in [2.05, 4.69) is 28.0 Å². The monoisotopic (exact) mass is 667 g/mol. The van der Waals surface area contributed by atoms with E-state index in [9.17, 15) is 9.46 Å². The second-order valence-corrected chi connectivity index (χ2v) is 22.3. The number of hydrogen-bond donors (Lipinski definition) is 2. The topological polar surface area (TPSA) is 125 Å². The normalized spacial score (nSPS) is 22.1. The Bertz CT molecular complexity index is 1190. The highest BCUT2D eigenvalue weighted by molar-refractivity contribution is 7.99. The van der Waals surface area contributed by atoms with E-state index in [0.717, 1.165) is 35.3 Å². The van der Waals surface area contributed by atoms with Gasteiger partial charge in [0.15, 0.2) is 11.5 Å². The number of unbranched alkanes of at least 4 members (excludes halogenated alkanes) is 8. The summed E-state index contributed by atoms with van der Waals surface area (Å²) in [5.41, 5.74) is 8.11. The summed E-state index contributed by atoms with van der Waals surface area (Å²) in [6.45, 7) is 7.90. The molecule has 0 radical (unpaired) electrons. The molecule has 4 unspecified atom stereocenters. The van der Waals surface area contributed by atoms with Crippen LogP contribution < -0.4 is 5.73 Å². The smallest absolute Gasteiger partial charge is 0.353 e. The van der Waals surface area contributed by atoms with Crippen LogP contribution in [0.25, 0.3) is 11.2 Å². The number of hydrogen-bond acceptors (Lipinski definition) is 8. The van der Waals surface area contributed by atoms with Gasteiger partial charge in [0.25, 0.3) is 0 Å². The lowest BCUT2D eigenvalue weighted by atomic mass is 10.0.